The molecule has 1 fully saturated rings. The second kappa shape index (κ2) is 6.24. The van der Waals surface area contributed by atoms with E-state index in [1.165, 1.54) is 0 Å². The van der Waals surface area contributed by atoms with Crippen LogP contribution in [-0.2, 0) is 14.6 Å². The molecule has 1 aliphatic rings. The van der Waals surface area contributed by atoms with E-state index in [1.54, 1.807) is 0 Å². The third-order valence-electron chi connectivity index (χ3n) is 3.19. The highest BCUT2D eigenvalue weighted by Gasteiger charge is 2.25. The molecule has 0 radical (unpaired) electrons. The van der Waals surface area contributed by atoms with Crippen LogP contribution in [0.25, 0.3) is 0 Å². The lowest BCUT2D eigenvalue weighted by Crippen LogP contribution is -2.46. The summed E-state index contributed by atoms with van der Waals surface area (Å²) in [6.45, 7) is 2.38. The zero-order valence-electron chi connectivity index (χ0n) is 11.1. The minimum absolute atomic E-state index is 0.0258. The van der Waals surface area contributed by atoms with E-state index in [-0.39, 0.29) is 29.9 Å². The maximum Gasteiger partial charge on any atom is 0.225 e. The number of halogens is 1. The Morgan fingerprint density at radius 3 is 2.90 bits per heavy atom. The van der Waals surface area contributed by atoms with Crippen LogP contribution in [0.1, 0.15) is 12.0 Å². The average Bonchev–Trinajstić information content (AvgIpc) is 2.32. The molecule has 1 heterocycles. The number of amides is 1. The van der Waals surface area contributed by atoms with Gasteiger partial charge in [-0.05, 0) is 24.6 Å². The summed E-state index contributed by atoms with van der Waals surface area (Å²) in [6.07, 6.45) is 0.157. The van der Waals surface area contributed by atoms with Gasteiger partial charge in [-0.3, -0.25) is 4.79 Å². The maximum absolute atomic E-state index is 11.9. The molecule has 0 aromatic heterocycles. The maximum atomic E-state index is 11.9. The molecule has 1 atom stereocenters. The van der Waals surface area contributed by atoms with Crippen molar-refractivity contribution < 1.29 is 13.2 Å². The van der Waals surface area contributed by atoms with Crippen molar-refractivity contribution in [2.75, 3.05) is 23.4 Å². The molecule has 0 bridgehead atoms. The van der Waals surface area contributed by atoms with Gasteiger partial charge in [0.15, 0.2) is 9.84 Å². The third kappa shape index (κ3) is 4.29. The van der Waals surface area contributed by atoms with Gasteiger partial charge < -0.3 is 10.6 Å². The molecule has 0 aliphatic carbocycles. The Labute approximate surface area is 127 Å². The molecule has 2 rings (SSSR count). The Morgan fingerprint density at radius 1 is 1.50 bits per heavy atom. The lowest BCUT2D eigenvalue weighted by atomic mass is 10.2. The second-order valence-corrected chi connectivity index (χ2v) is 8.06. The summed E-state index contributed by atoms with van der Waals surface area (Å²) in [4.78, 5) is 11.9. The van der Waals surface area contributed by atoms with Crippen molar-refractivity contribution in [3.8, 4) is 0 Å². The zero-order chi connectivity index (χ0) is 14.8. The minimum Gasteiger partial charge on any atom is -0.326 e. The topological polar surface area (TPSA) is 75.3 Å². The smallest absolute Gasteiger partial charge is 0.225 e. The molecular formula is C13H17BrN2O3S. The van der Waals surface area contributed by atoms with Crippen LogP contribution in [0.3, 0.4) is 0 Å². The van der Waals surface area contributed by atoms with Crippen LogP contribution in [-0.4, -0.2) is 38.4 Å². The molecule has 0 spiro atoms. The molecular weight excluding hydrogens is 344 g/mol. The summed E-state index contributed by atoms with van der Waals surface area (Å²) < 4.78 is 23.9. The Kier molecular flexibility index (Phi) is 4.82. The van der Waals surface area contributed by atoms with Crippen molar-refractivity contribution in [3.63, 3.8) is 0 Å². The van der Waals surface area contributed by atoms with Gasteiger partial charge in [0.05, 0.1) is 11.5 Å². The predicted molar refractivity (Wildman–Crippen MR) is 82.6 cm³/mol. The molecule has 1 unspecified atom stereocenters. The van der Waals surface area contributed by atoms with E-state index < -0.39 is 9.84 Å². The summed E-state index contributed by atoms with van der Waals surface area (Å²) >= 11 is 3.41. The lowest BCUT2D eigenvalue weighted by Gasteiger charge is -2.23. The molecule has 2 N–H and O–H groups in total. The van der Waals surface area contributed by atoms with Crippen LogP contribution >= 0.6 is 15.9 Å². The number of anilines is 1. The summed E-state index contributed by atoms with van der Waals surface area (Å²) in [7, 11) is -3.01. The standard InChI is InChI=1S/C13H17BrN2O3S/c1-9-2-3-10(6-12(9)14)16-13(17)7-11-8-20(18,19)5-4-15-11/h2-3,6,11,15H,4-5,7-8H2,1H3,(H,16,17). The predicted octanol–water partition coefficient (Wildman–Crippen LogP) is 1.47. The van der Waals surface area contributed by atoms with Gasteiger partial charge in [0, 0.05) is 29.2 Å². The highest BCUT2D eigenvalue weighted by Crippen LogP contribution is 2.20. The number of hydrogen-bond acceptors (Lipinski definition) is 4. The van der Waals surface area contributed by atoms with Crippen molar-refractivity contribution in [2.24, 2.45) is 0 Å². The van der Waals surface area contributed by atoms with Crippen LogP contribution in [0.15, 0.2) is 22.7 Å². The first-order valence-corrected chi connectivity index (χ1v) is 8.97. The first-order chi connectivity index (χ1) is 9.35. The van der Waals surface area contributed by atoms with E-state index in [2.05, 4.69) is 26.6 Å². The number of carbonyl (C=O) groups excluding carboxylic acids is 1. The van der Waals surface area contributed by atoms with E-state index in [9.17, 15) is 13.2 Å². The highest BCUT2D eigenvalue weighted by molar-refractivity contribution is 9.10. The molecule has 110 valence electrons. The largest absolute Gasteiger partial charge is 0.326 e. The third-order valence-corrected chi connectivity index (χ3v) is 5.78. The van der Waals surface area contributed by atoms with Gasteiger partial charge in [0.25, 0.3) is 0 Å². The number of carbonyl (C=O) groups is 1. The average molecular weight is 361 g/mol. The van der Waals surface area contributed by atoms with Crippen LogP contribution in [0.5, 0.6) is 0 Å². The van der Waals surface area contributed by atoms with E-state index in [4.69, 9.17) is 0 Å². The van der Waals surface area contributed by atoms with Crippen molar-refractivity contribution in [2.45, 2.75) is 19.4 Å². The highest BCUT2D eigenvalue weighted by atomic mass is 79.9. The molecule has 1 aliphatic heterocycles. The van der Waals surface area contributed by atoms with Crippen molar-refractivity contribution >= 4 is 37.4 Å². The van der Waals surface area contributed by atoms with Crippen molar-refractivity contribution in [1.29, 1.82) is 0 Å². The van der Waals surface area contributed by atoms with Gasteiger partial charge >= 0.3 is 0 Å². The number of benzene rings is 1. The molecule has 1 aromatic rings. The number of aryl methyl sites for hydroxylation is 1. The van der Waals surface area contributed by atoms with E-state index in [1.807, 2.05) is 25.1 Å². The van der Waals surface area contributed by atoms with Crippen molar-refractivity contribution in [1.82, 2.24) is 5.32 Å². The number of rotatable bonds is 3. The molecule has 5 nitrogen and oxygen atoms in total. The number of sulfone groups is 1. The summed E-state index contributed by atoms with van der Waals surface area (Å²) in [5.41, 5.74) is 1.79. The monoisotopic (exact) mass is 360 g/mol. The Morgan fingerprint density at radius 2 is 2.25 bits per heavy atom. The van der Waals surface area contributed by atoms with E-state index in [0.29, 0.717) is 12.2 Å². The van der Waals surface area contributed by atoms with E-state index in [0.717, 1.165) is 10.0 Å². The fourth-order valence-corrected chi connectivity index (χ4v) is 3.93. The first-order valence-electron chi connectivity index (χ1n) is 6.35. The van der Waals surface area contributed by atoms with Crippen molar-refractivity contribution in [3.05, 3.63) is 28.2 Å². The van der Waals surface area contributed by atoms with Crippen LogP contribution in [0.4, 0.5) is 5.69 Å². The van der Waals surface area contributed by atoms with Gasteiger partial charge in [-0.2, -0.15) is 0 Å². The molecule has 1 saturated heterocycles. The normalized spacial score (nSPS) is 21.4. The molecule has 7 heteroatoms. The lowest BCUT2D eigenvalue weighted by molar-refractivity contribution is -0.116. The van der Waals surface area contributed by atoms with Crippen LogP contribution in [0.2, 0.25) is 0 Å². The number of nitrogens with one attached hydrogen (secondary N) is 2. The Balaban J connectivity index is 1.93. The SMILES string of the molecule is Cc1ccc(NC(=O)CC2CS(=O)(=O)CCN2)cc1Br. The molecule has 0 saturated carbocycles. The second-order valence-electron chi connectivity index (χ2n) is 4.98. The van der Waals surface area contributed by atoms with Gasteiger partial charge in [-0.25, -0.2) is 8.42 Å². The summed E-state index contributed by atoms with van der Waals surface area (Å²) in [5.74, 6) is -0.0102. The fraction of sp³-hybridized carbons (Fsp3) is 0.462. The Bertz CT molecular complexity index is 616. The number of hydrogen-bond donors (Lipinski definition) is 2. The van der Waals surface area contributed by atoms with Gasteiger partial charge in [0.2, 0.25) is 5.91 Å². The van der Waals surface area contributed by atoms with Gasteiger partial charge in [-0.1, -0.05) is 22.0 Å². The Hall–Kier alpha value is -0.920. The fourth-order valence-electron chi connectivity index (χ4n) is 2.10. The van der Waals surface area contributed by atoms with Crippen LogP contribution < -0.4 is 10.6 Å². The molecule has 20 heavy (non-hydrogen) atoms. The molecule has 1 aromatic carbocycles. The first kappa shape index (κ1) is 15.5. The molecule has 1 amide bonds. The van der Waals surface area contributed by atoms with Crippen LogP contribution in [0, 0.1) is 6.92 Å². The minimum atomic E-state index is -3.01. The zero-order valence-corrected chi connectivity index (χ0v) is 13.6. The summed E-state index contributed by atoms with van der Waals surface area (Å²) in [6, 6.07) is 5.26. The van der Waals surface area contributed by atoms with E-state index >= 15 is 0 Å². The quantitative estimate of drug-likeness (QED) is 0.855. The van der Waals surface area contributed by atoms with Gasteiger partial charge in [0.1, 0.15) is 0 Å². The summed E-state index contributed by atoms with van der Waals surface area (Å²) in [5, 5.41) is 5.84. The van der Waals surface area contributed by atoms with Gasteiger partial charge in [-0.15, -0.1) is 0 Å².